The highest BCUT2D eigenvalue weighted by molar-refractivity contribution is 5.79. The van der Waals surface area contributed by atoms with Crippen LogP contribution in [-0.2, 0) is 17.8 Å². The number of aromatic hydroxyl groups is 1. The highest BCUT2D eigenvalue weighted by Gasteiger charge is 2.43. The summed E-state index contributed by atoms with van der Waals surface area (Å²) in [5, 5.41) is 23.8. The third kappa shape index (κ3) is 4.66. The molecule has 0 spiro atoms. The predicted molar refractivity (Wildman–Crippen MR) is 129 cm³/mol. The number of hydrogen-bond acceptors (Lipinski definition) is 6. The number of anilines is 1. The molecule has 2 aliphatic rings. The summed E-state index contributed by atoms with van der Waals surface area (Å²) >= 11 is 0. The lowest BCUT2D eigenvalue weighted by atomic mass is 9.85. The van der Waals surface area contributed by atoms with E-state index in [1.807, 2.05) is 31.2 Å². The van der Waals surface area contributed by atoms with E-state index in [9.17, 15) is 15.0 Å². The molecule has 0 bridgehead atoms. The number of piperazine rings is 1. The lowest BCUT2D eigenvalue weighted by molar-refractivity contribution is -0.123. The average molecular weight is 454 g/mol. The summed E-state index contributed by atoms with van der Waals surface area (Å²) in [7, 11) is 1.67. The van der Waals surface area contributed by atoms with Gasteiger partial charge < -0.3 is 25.2 Å². The molecule has 1 atom stereocenters. The maximum Gasteiger partial charge on any atom is 0.234 e. The van der Waals surface area contributed by atoms with Crippen LogP contribution in [0.4, 0.5) is 5.69 Å². The van der Waals surface area contributed by atoms with E-state index in [1.165, 1.54) is 0 Å². The van der Waals surface area contributed by atoms with E-state index in [-0.39, 0.29) is 29.7 Å². The van der Waals surface area contributed by atoms with E-state index < -0.39 is 0 Å². The van der Waals surface area contributed by atoms with Crippen LogP contribution < -0.4 is 15.0 Å². The molecule has 0 radical (unpaired) electrons. The first-order valence-electron chi connectivity index (χ1n) is 11.6. The van der Waals surface area contributed by atoms with Crippen LogP contribution >= 0.6 is 0 Å². The minimum Gasteiger partial charge on any atom is -0.507 e. The lowest BCUT2D eigenvalue weighted by Gasteiger charge is -2.36. The molecule has 1 unspecified atom stereocenters. The number of rotatable bonds is 6. The smallest absolute Gasteiger partial charge is 0.234 e. The number of nitrogens with zero attached hydrogens (tertiary/aromatic N) is 2. The molecule has 2 aromatic carbocycles. The van der Waals surface area contributed by atoms with Gasteiger partial charge in [0.05, 0.1) is 26.3 Å². The molecular weight excluding hydrogens is 418 g/mol. The van der Waals surface area contributed by atoms with Gasteiger partial charge in [0, 0.05) is 43.5 Å². The van der Waals surface area contributed by atoms with Crippen LogP contribution in [0.1, 0.15) is 42.1 Å². The second-order valence-corrected chi connectivity index (χ2v) is 9.88. The number of aliphatic hydroxyl groups is 1. The fourth-order valence-electron chi connectivity index (χ4n) is 5.20. The first-order chi connectivity index (χ1) is 15.7. The maximum atomic E-state index is 13.0. The number of aliphatic hydroxyl groups excluding tert-OH is 1. The van der Waals surface area contributed by atoms with Crippen molar-refractivity contribution in [3.8, 4) is 11.5 Å². The summed E-state index contributed by atoms with van der Waals surface area (Å²) in [6, 6.07) is 9.61. The van der Waals surface area contributed by atoms with Crippen molar-refractivity contribution < 1.29 is 19.7 Å². The summed E-state index contributed by atoms with van der Waals surface area (Å²) in [6.45, 7) is 9.58. The number of phenols is 1. The Bertz CT molecular complexity index is 1030. The van der Waals surface area contributed by atoms with E-state index in [4.69, 9.17) is 4.74 Å². The SMILES string of the molecule is COc1cccc(N2CCN(CC(=O)NC3c4c(O)c(C)cc(CO)c4CC3(C)C)CC2)c1. The number of ether oxygens (including phenoxy) is 1. The van der Waals surface area contributed by atoms with Crippen molar-refractivity contribution >= 4 is 11.6 Å². The van der Waals surface area contributed by atoms with Gasteiger partial charge in [0.25, 0.3) is 0 Å². The topological polar surface area (TPSA) is 85.3 Å². The number of aryl methyl sites for hydroxylation is 1. The van der Waals surface area contributed by atoms with Gasteiger partial charge in [0.1, 0.15) is 11.5 Å². The van der Waals surface area contributed by atoms with Crippen LogP contribution in [0.5, 0.6) is 11.5 Å². The second-order valence-electron chi connectivity index (χ2n) is 9.88. The molecule has 4 rings (SSSR count). The van der Waals surface area contributed by atoms with Crippen LogP contribution in [0.15, 0.2) is 30.3 Å². The second kappa shape index (κ2) is 9.23. The van der Waals surface area contributed by atoms with Crippen LogP contribution in [0.25, 0.3) is 0 Å². The molecule has 1 fully saturated rings. The van der Waals surface area contributed by atoms with Gasteiger partial charge in [0.15, 0.2) is 0 Å². The summed E-state index contributed by atoms with van der Waals surface area (Å²) in [4.78, 5) is 17.5. The van der Waals surface area contributed by atoms with Gasteiger partial charge in [-0.2, -0.15) is 0 Å². The van der Waals surface area contributed by atoms with Crippen molar-refractivity contribution in [2.45, 2.75) is 39.8 Å². The monoisotopic (exact) mass is 453 g/mol. The molecule has 1 amide bonds. The average Bonchev–Trinajstić information content (AvgIpc) is 3.07. The molecule has 0 aromatic heterocycles. The molecule has 178 valence electrons. The first-order valence-corrected chi connectivity index (χ1v) is 11.6. The molecule has 7 nitrogen and oxygen atoms in total. The Kier molecular flexibility index (Phi) is 6.54. The van der Waals surface area contributed by atoms with Gasteiger partial charge in [0.2, 0.25) is 5.91 Å². The number of carbonyl (C=O) groups is 1. The Morgan fingerprint density at radius 3 is 2.61 bits per heavy atom. The summed E-state index contributed by atoms with van der Waals surface area (Å²) in [6.07, 6.45) is 0.705. The minimum atomic E-state index is -0.289. The molecule has 1 saturated heterocycles. The molecule has 3 N–H and O–H groups in total. The normalized spacial score (nSPS) is 19.9. The quantitative estimate of drug-likeness (QED) is 0.624. The molecule has 1 aliphatic heterocycles. The molecule has 1 heterocycles. The van der Waals surface area contributed by atoms with E-state index in [1.54, 1.807) is 7.11 Å². The largest absolute Gasteiger partial charge is 0.507 e. The Hall–Kier alpha value is -2.77. The number of fused-ring (bicyclic) bond motifs is 1. The fraction of sp³-hybridized carbons (Fsp3) is 0.500. The van der Waals surface area contributed by atoms with Crippen molar-refractivity contribution in [3.05, 3.63) is 52.6 Å². The summed E-state index contributed by atoms with van der Waals surface area (Å²) in [5.74, 6) is 1.03. The molecule has 33 heavy (non-hydrogen) atoms. The van der Waals surface area contributed by atoms with E-state index in [0.29, 0.717) is 13.0 Å². The van der Waals surface area contributed by atoms with Crippen molar-refractivity contribution in [1.29, 1.82) is 0 Å². The predicted octanol–water partition coefficient (Wildman–Crippen LogP) is 2.76. The van der Waals surface area contributed by atoms with Gasteiger partial charge in [-0.15, -0.1) is 0 Å². The van der Waals surface area contributed by atoms with Crippen LogP contribution in [-0.4, -0.2) is 60.9 Å². The Labute approximate surface area is 196 Å². The van der Waals surface area contributed by atoms with Crippen molar-refractivity contribution in [2.75, 3.05) is 44.7 Å². The molecule has 1 aliphatic carbocycles. The minimum absolute atomic E-state index is 0.0396. The Morgan fingerprint density at radius 2 is 1.94 bits per heavy atom. The van der Waals surface area contributed by atoms with Crippen LogP contribution in [0.2, 0.25) is 0 Å². The van der Waals surface area contributed by atoms with Crippen molar-refractivity contribution in [3.63, 3.8) is 0 Å². The zero-order valence-corrected chi connectivity index (χ0v) is 20.0. The number of nitrogens with one attached hydrogen (secondary N) is 1. The summed E-state index contributed by atoms with van der Waals surface area (Å²) in [5.41, 5.74) is 4.16. The van der Waals surface area contributed by atoms with Gasteiger partial charge in [-0.25, -0.2) is 0 Å². The standard InChI is InChI=1S/C26H35N3O4/c1-17-12-18(16-30)21-14-26(2,3)25(23(21)24(17)32)27-22(31)15-28-8-10-29(11-9-28)19-6-5-7-20(13-19)33-4/h5-7,12-13,25,30,32H,8-11,14-16H2,1-4H3,(H,27,31). The Morgan fingerprint density at radius 1 is 1.21 bits per heavy atom. The molecular formula is C26H35N3O4. The third-order valence-electron chi connectivity index (χ3n) is 7.07. The van der Waals surface area contributed by atoms with E-state index in [0.717, 1.165) is 59.9 Å². The number of amides is 1. The lowest BCUT2D eigenvalue weighted by Crippen LogP contribution is -2.50. The number of benzene rings is 2. The highest BCUT2D eigenvalue weighted by atomic mass is 16.5. The zero-order chi connectivity index (χ0) is 23.8. The Balaban J connectivity index is 1.40. The highest BCUT2D eigenvalue weighted by Crippen LogP contribution is 2.50. The summed E-state index contributed by atoms with van der Waals surface area (Å²) < 4.78 is 5.33. The number of hydrogen-bond donors (Lipinski definition) is 3. The molecule has 0 saturated carbocycles. The maximum absolute atomic E-state index is 13.0. The van der Waals surface area contributed by atoms with Crippen LogP contribution in [0, 0.1) is 12.3 Å². The van der Waals surface area contributed by atoms with Crippen molar-refractivity contribution in [1.82, 2.24) is 10.2 Å². The third-order valence-corrected chi connectivity index (χ3v) is 7.07. The first kappa shape index (κ1) is 23.4. The molecule has 7 heteroatoms. The van der Waals surface area contributed by atoms with E-state index in [2.05, 4.69) is 35.0 Å². The van der Waals surface area contributed by atoms with Gasteiger partial charge in [-0.1, -0.05) is 19.9 Å². The fourth-order valence-corrected chi connectivity index (χ4v) is 5.20. The van der Waals surface area contributed by atoms with Gasteiger partial charge >= 0.3 is 0 Å². The van der Waals surface area contributed by atoms with Gasteiger partial charge in [-0.05, 0) is 53.6 Å². The molecule has 2 aromatic rings. The number of carbonyl (C=O) groups excluding carboxylic acids is 1. The van der Waals surface area contributed by atoms with Crippen molar-refractivity contribution in [2.24, 2.45) is 5.41 Å². The van der Waals surface area contributed by atoms with E-state index >= 15 is 0 Å². The van der Waals surface area contributed by atoms with Gasteiger partial charge in [-0.3, -0.25) is 9.69 Å². The number of phenolic OH excluding ortho intramolecular Hbond substituents is 1. The zero-order valence-electron chi connectivity index (χ0n) is 20.0. The number of methoxy groups -OCH3 is 1. The van der Waals surface area contributed by atoms with Crippen LogP contribution in [0.3, 0.4) is 0 Å².